The van der Waals surface area contributed by atoms with Crippen molar-refractivity contribution in [1.29, 1.82) is 0 Å². The van der Waals surface area contributed by atoms with Gasteiger partial charge in [0.2, 0.25) is 5.95 Å². The van der Waals surface area contributed by atoms with Crippen LogP contribution >= 0.6 is 0 Å². The summed E-state index contributed by atoms with van der Waals surface area (Å²) in [6.07, 6.45) is 29.6. The largest absolute Gasteiger partial charge is 0.537 e. The van der Waals surface area contributed by atoms with Crippen molar-refractivity contribution in [2.45, 2.75) is 152 Å². The molecule has 0 amide bonds. The van der Waals surface area contributed by atoms with Gasteiger partial charge in [-0.2, -0.15) is 0 Å². The van der Waals surface area contributed by atoms with Crippen LogP contribution in [0.4, 0.5) is 0 Å². The van der Waals surface area contributed by atoms with E-state index < -0.39 is 0 Å². The first-order valence-electron chi connectivity index (χ1n) is 16.0. The molecule has 4 aliphatic carbocycles. The molecule has 196 valence electrons. The Balaban J connectivity index is 1.41. The highest BCUT2D eigenvalue weighted by Crippen LogP contribution is 2.45. The molecule has 0 bridgehead atoms. The van der Waals surface area contributed by atoms with Crippen LogP contribution in [0.5, 0.6) is 0 Å². The summed E-state index contributed by atoms with van der Waals surface area (Å²) in [5, 5.41) is 0. The van der Waals surface area contributed by atoms with Crippen LogP contribution in [0.3, 0.4) is 0 Å². The molecule has 0 aromatic heterocycles. The Morgan fingerprint density at radius 3 is 1.17 bits per heavy atom. The van der Waals surface area contributed by atoms with Crippen LogP contribution < -0.4 is 0 Å². The van der Waals surface area contributed by atoms with Crippen molar-refractivity contribution in [2.24, 2.45) is 0 Å². The molecule has 4 aliphatic rings. The zero-order valence-corrected chi connectivity index (χ0v) is 22.9. The lowest BCUT2D eigenvalue weighted by Gasteiger charge is -2.38. The van der Waals surface area contributed by atoms with E-state index in [0.717, 1.165) is 5.95 Å². The van der Waals surface area contributed by atoms with Gasteiger partial charge in [-0.1, -0.05) is 159 Å². The van der Waals surface area contributed by atoms with Crippen LogP contribution in [0.25, 0.3) is 6.08 Å². The van der Waals surface area contributed by atoms with Gasteiger partial charge in [0.15, 0.2) is 0 Å². The minimum Gasteiger partial charge on any atom is -0.537 e. The Morgan fingerprint density at radius 1 is 0.500 bits per heavy atom. The lowest BCUT2D eigenvalue weighted by Crippen LogP contribution is -2.37. The van der Waals surface area contributed by atoms with E-state index in [1.807, 2.05) is 0 Å². The first kappa shape index (κ1) is 26.3. The topological polar surface area (TPSA) is 18.5 Å². The average molecular weight is 488 g/mol. The minimum atomic E-state index is 0.332. The summed E-state index contributed by atoms with van der Waals surface area (Å²) in [5.41, 5.74) is 1.21. The third kappa shape index (κ3) is 7.38. The van der Waals surface area contributed by atoms with E-state index in [0.29, 0.717) is 37.1 Å². The zero-order valence-electron chi connectivity index (χ0n) is 22.9. The van der Waals surface area contributed by atoms with Crippen LogP contribution in [0.1, 0.15) is 134 Å². The molecule has 4 fully saturated rings. The summed E-state index contributed by atoms with van der Waals surface area (Å²) in [7, 11) is 0. The molecule has 4 saturated carbocycles. The Labute approximate surface area is 222 Å². The summed E-state index contributed by atoms with van der Waals surface area (Å²) >= 11 is 0. The average Bonchev–Trinajstić information content (AvgIpc) is 2.97. The highest BCUT2D eigenvalue weighted by molar-refractivity contribution is 6.57. The second-order valence-corrected chi connectivity index (χ2v) is 12.6. The van der Waals surface area contributed by atoms with Gasteiger partial charge in [0.25, 0.3) is 0 Å². The Morgan fingerprint density at radius 2 is 0.833 bits per heavy atom. The maximum Gasteiger partial charge on any atom is 0.368 e. The van der Waals surface area contributed by atoms with Gasteiger partial charge in [0, 0.05) is 6.08 Å². The Hall–Kier alpha value is -1.31. The zero-order chi connectivity index (χ0) is 24.4. The van der Waals surface area contributed by atoms with E-state index in [2.05, 4.69) is 36.4 Å². The lowest BCUT2D eigenvalue weighted by molar-refractivity contribution is 0.203. The molecule has 0 N–H and O–H groups in total. The maximum atomic E-state index is 7.18. The molecule has 1 aromatic rings. The smallest absolute Gasteiger partial charge is 0.368 e. The highest BCUT2D eigenvalue weighted by atomic mass is 16.6. The van der Waals surface area contributed by atoms with Gasteiger partial charge in [0.1, 0.15) is 0 Å². The molecular weight excluding hydrogens is 438 g/mol. The van der Waals surface area contributed by atoms with E-state index in [1.165, 1.54) is 134 Å². The molecule has 0 aliphatic heterocycles. The predicted molar refractivity (Wildman–Crippen MR) is 155 cm³/mol. The molecule has 0 spiro atoms. The van der Waals surface area contributed by atoms with E-state index in [-0.39, 0.29) is 0 Å². The maximum absolute atomic E-state index is 7.18. The number of hydrogen-bond acceptors (Lipinski definition) is 2. The van der Waals surface area contributed by atoms with Crippen molar-refractivity contribution in [3.05, 3.63) is 41.8 Å². The second-order valence-electron chi connectivity index (χ2n) is 12.6. The van der Waals surface area contributed by atoms with Crippen molar-refractivity contribution in [3.8, 4) is 0 Å². The fourth-order valence-electron chi connectivity index (χ4n) is 8.05. The minimum absolute atomic E-state index is 0.332. The Bertz CT molecular complexity index is 693. The van der Waals surface area contributed by atoms with Crippen molar-refractivity contribution < 1.29 is 9.31 Å². The molecule has 0 atom stereocenters. The van der Waals surface area contributed by atoms with Gasteiger partial charge >= 0.3 is 13.8 Å². The van der Waals surface area contributed by atoms with Crippen LogP contribution in [0.2, 0.25) is 23.3 Å². The summed E-state index contributed by atoms with van der Waals surface area (Å²) < 4.78 is 14.4. The molecule has 0 unspecified atom stereocenters. The van der Waals surface area contributed by atoms with E-state index in [9.17, 15) is 0 Å². The fraction of sp³-hybridized carbons (Fsp3) is 0.750. The third-order valence-electron chi connectivity index (χ3n) is 10.0. The first-order chi connectivity index (χ1) is 17.9. The van der Waals surface area contributed by atoms with Crippen LogP contribution in [0, 0.1) is 0 Å². The molecule has 5 rings (SSSR count). The summed E-state index contributed by atoms with van der Waals surface area (Å²) in [4.78, 5) is 0. The highest BCUT2D eigenvalue weighted by Gasteiger charge is 2.42. The van der Waals surface area contributed by atoms with Gasteiger partial charge in [0.05, 0.1) is 0 Å². The molecule has 2 nitrogen and oxygen atoms in total. The number of hydrogen-bond donors (Lipinski definition) is 0. The monoisotopic (exact) mass is 488 g/mol. The van der Waals surface area contributed by atoms with E-state index in [4.69, 9.17) is 9.31 Å². The second kappa shape index (κ2) is 14.0. The fourth-order valence-corrected chi connectivity index (χ4v) is 8.05. The molecule has 36 heavy (non-hydrogen) atoms. The van der Waals surface area contributed by atoms with Crippen LogP contribution in [0.15, 0.2) is 36.3 Å². The first-order valence-corrected chi connectivity index (χ1v) is 16.0. The van der Waals surface area contributed by atoms with Crippen molar-refractivity contribution >= 4 is 19.9 Å². The van der Waals surface area contributed by atoms with Gasteiger partial charge in [-0.05, 0) is 28.8 Å². The lowest BCUT2D eigenvalue weighted by atomic mass is 9.41. The normalized spacial score (nSPS) is 23.1. The summed E-state index contributed by atoms with van der Waals surface area (Å²) in [6.45, 7) is 0.665. The van der Waals surface area contributed by atoms with Gasteiger partial charge in [-0.25, -0.2) is 0 Å². The van der Waals surface area contributed by atoms with Crippen molar-refractivity contribution in [1.82, 2.24) is 0 Å². The molecule has 0 heterocycles. The van der Waals surface area contributed by atoms with Crippen LogP contribution in [-0.2, 0) is 9.31 Å². The Kier molecular flexibility index (Phi) is 10.2. The summed E-state index contributed by atoms with van der Waals surface area (Å²) in [5.74, 6) is 3.66. The number of rotatable bonds is 9. The molecule has 0 radical (unpaired) electrons. The van der Waals surface area contributed by atoms with Gasteiger partial charge in [-0.3, -0.25) is 0 Å². The molecule has 1 aromatic carbocycles. The quantitative estimate of drug-likeness (QED) is 0.254. The van der Waals surface area contributed by atoms with Crippen molar-refractivity contribution in [3.63, 3.8) is 0 Å². The van der Waals surface area contributed by atoms with E-state index in [1.54, 1.807) is 0 Å². The molecule has 4 heteroatoms. The predicted octanol–water partition coefficient (Wildman–Crippen LogP) is 10.3. The number of benzene rings is 1. The molecule has 0 saturated heterocycles. The standard InChI is InChI=1S/C32H50B2O2/c1-6-16-27(17-7-1)26-32(35-33(28-18-8-2-9-19-28)29-20-10-3-11-21-29)36-34(30-22-12-4-13-23-30)31-24-14-5-15-25-31/h1,6-7,16-17,26,28-31H,2-5,8-15,18-25H2. The van der Waals surface area contributed by atoms with E-state index >= 15 is 0 Å². The molecular formula is C32H50B2O2. The van der Waals surface area contributed by atoms with Gasteiger partial charge in [-0.15, -0.1) is 0 Å². The third-order valence-corrected chi connectivity index (χ3v) is 10.0. The summed E-state index contributed by atoms with van der Waals surface area (Å²) in [6, 6.07) is 10.8. The van der Waals surface area contributed by atoms with Gasteiger partial charge < -0.3 is 9.31 Å². The SMILES string of the molecule is C(=C(OB(C1CCCCC1)C1CCCCC1)OB(C1CCCCC1)C1CCCCC1)c1ccccc1. The van der Waals surface area contributed by atoms with Crippen molar-refractivity contribution in [2.75, 3.05) is 0 Å². The van der Waals surface area contributed by atoms with Crippen LogP contribution in [-0.4, -0.2) is 13.8 Å².